The maximum absolute atomic E-state index is 12.3. The maximum atomic E-state index is 12.3. The second-order valence-electron chi connectivity index (χ2n) is 8.83. The molecule has 2 amide bonds. The van der Waals surface area contributed by atoms with Gasteiger partial charge in [-0.05, 0) is 74.2 Å². The first-order valence-electron chi connectivity index (χ1n) is 11.8. The van der Waals surface area contributed by atoms with Crippen molar-refractivity contribution in [1.29, 1.82) is 0 Å². The van der Waals surface area contributed by atoms with Crippen LogP contribution >= 0.6 is 0 Å². The fourth-order valence-corrected chi connectivity index (χ4v) is 4.07. The number of rotatable bonds is 8. The van der Waals surface area contributed by atoms with Gasteiger partial charge >= 0.3 is 0 Å². The Morgan fingerprint density at radius 3 is 2.09 bits per heavy atom. The third-order valence-corrected chi connectivity index (χ3v) is 6.10. The van der Waals surface area contributed by atoms with Crippen LogP contribution in [0.1, 0.15) is 73.5 Å². The summed E-state index contributed by atoms with van der Waals surface area (Å²) < 4.78 is 0. The minimum absolute atomic E-state index is 0. The van der Waals surface area contributed by atoms with E-state index in [1.165, 1.54) is 50.1 Å². The van der Waals surface area contributed by atoms with Gasteiger partial charge < -0.3 is 15.7 Å². The van der Waals surface area contributed by atoms with Gasteiger partial charge in [-0.2, -0.15) is 0 Å². The Morgan fingerprint density at radius 2 is 1.54 bits per heavy atom. The van der Waals surface area contributed by atoms with Crippen LogP contribution in [0.4, 0.5) is 0 Å². The molecule has 0 unspecified atom stereocenters. The smallest absolute Gasteiger partial charge is 0.268 e. The van der Waals surface area contributed by atoms with E-state index in [1.54, 1.807) is 24.3 Å². The summed E-state index contributed by atoms with van der Waals surface area (Å²) in [4.78, 5) is 23.9. The molecule has 7 nitrogen and oxygen atoms in total. The van der Waals surface area contributed by atoms with Crippen molar-refractivity contribution < 1.29 is 19.9 Å². The minimum Gasteiger partial charge on any atom is -0.391 e. The van der Waals surface area contributed by atoms with Gasteiger partial charge in [-0.3, -0.25) is 14.8 Å². The summed E-state index contributed by atoms with van der Waals surface area (Å²) in [6.45, 7) is 3.30. The lowest BCUT2D eigenvalue weighted by Gasteiger charge is -2.21. The van der Waals surface area contributed by atoms with E-state index in [2.05, 4.69) is 34.6 Å². The van der Waals surface area contributed by atoms with Gasteiger partial charge in [-0.25, -0.2) is 5.48 Å². The molecule has 0 bridgehead atoms. The largest absolute Gasteiger partial charge is 0.391 e. The van der Waals surface area contributed by atoms with Crippen LogP contribution in [0, 0.1) is 17.8 Å². The zero-order valence-corrected chi connectivity index (χ0v) is 19.5. The van der Waals surface area contributed by atoms with Crippen molar-refractivity contribution in [2.75, 3.05) is 6.54 Å². The van der Waals surface area contributed by atoms with Crippen LogP contribution < -0.4 is 16.1 Å². The Labute approximate surface area is 208 Å². The molecular formula is C28H37N3O4. The molecule has 188 valence electrons. The number of nitrogens with one attached hydrogen (secondary N) is 3. The normalized spacial score (nSPS) is 15.1. The fraction of sp³-hybridized carbons (Fsp3) is 0.429. The highest BCUT2D eigenvalue weighted by Crippen LogP contribution is 2.22. The van der Waals surface area contributed by atoms with Crippen LogP contribution in [0.15, 0.2) is 48.5 Å². The molecule has 2 aromatic rings. The molecule has 1 fully saturated rings. The van der Waals surface area contributed by atoms with Gasteiger partial charge in [-0.15, -0.1) is 0 Å². The molecule has 0 saturated heterocycles. The van der Waals surface area contributed by atoms with Crippen LogP contribution in [-0.4, -0.2) is 40.8 Å². The first-order chi connectivity index (χ1) is 16.5. The monoisotopic (exact) mass is 479 g/mol. The van der Waals surface area contributed by atoms with E-state index in [4.69, 9.17) is 5.21 Å². The highest BCUT2D eigenvalue weighted by Gasteiger charge is 2.25. The van der Waals surface area contributed by atoms with Gasteiger partial charge in [0.1, 0.15) is 6.04 Å². The standard InChI is InChI=1S/C27H33N3O4.CH4/c1-19(31)25(27(33)30-34)29-26(32)24-15-13-21(14-16-24)8-7-20-9-11-23(12-10-20)18-28-17-22-5-3-2-4-6-22;/h9-16,19,22,25,28,31,34H,2-6,17-18H2,1H3,(H,29,32)(H,30,33);1H4/t19-,25+;/m1./s1. The lowest BCUT2D eigenvalue weighted by molar-refractivity contribution is -0.133. The van der Waals surface area contributed by atoms with Gasteiger partial charge in [0, 0.05) is 23.2 Å². The molecule has 7 heteroatoms. The van der Waals surface area contributed by atoms with E-state index in [-0.39, 0.29) is 7.43 Å². The molecule has 0 radical (unpaired) electrons. The van der Waals surface area contributed by atoms with Crippen LogP contribution in [0.5, 0.6) is 0 Å². The second-order valence-corrected chi connectivity index (χ2v) is 8.83. The number of aliphatic hydroxyl groups is 1. The van der Waals surface area contributed by atoms with Crippen LogP contribution in [0.2, 0.25) is 0 Å². The molecule has 3 rings (SSSR count). The number of aliphatic hydroxyl groups excluding tert-OH is 1. The highest BCUT2D eigenvalue weighted by atomic mass is 16.5. The SMILES string of the molecule is C.C[C@@H](O)[C@H](NC(=O)c1ccc(C#Cc2ccc(CNCC3CCCCC3)cc2)cc1)C(=O)NO. The second kappa shape index (κ2) is 14.3. The van der Waals surface area contributed by atoms with Gasteiger partial charge in [-0.1, -0.05) is 50.7 Å². The lowest BCUT2D eigenvalue weighted by atomic mass is 9.89. The predicted molar refractivity (Wildman–Crippen MR) is 137 cm³/mol. The summed E-state index contributed by atoms with van der Waals surface area (Å²) >= 11 is 0. The van der Waals surface area contributed by atoms with E-state index in [1.807, 2.05) is 12.1 Å². The van der Waals surface area contributed by atoms with Crippen LogP contribution in [-0.2, 0) is 11.3 Å². The molecule has 2 atom stereocenters. The molecule has 1 aliphatic rings. The van der Waals surface area contributed by atoms with E-state index in [0.29, 0.717) is 5.56 Å². The summed E-state index contributed by atoms with van der Waals surface area (Å²) in [7, 11) is 0. The maximum Gasteiger partial charge on any atom is 0.268 e. The third-order valence-electron chi connectivity index (χ3n) is 6.10. The number of benzene rings is 2. The summed E-state index contributed by atoms with van der Waals surface area (Å²) in [6.07, 6.45) is 5.63. The minimum atomic E-state index is -1.26. The number of carbonyl (C=O) groups is 2. The van der Waals surface area contributed by atoms with Crippen molar-refractivity contribution in [3.63, 3.8) is 0 Å². The summed E-state index contributed by atoms with van der Waals surface area (Å²) in [6, 6.07) is 13.6. The van der Waals surface area contributed by atoms with Crippen molar-refractivity contribution >= 4 is 11.8 Å². The van der Waals surface area contributed by atoms with E-state index in [9.17, 15) is 14.7 Å². The molecule has 35 heavy (non-hydrogen) atoms. The summed E-state index contributed by atoms with van der Waals surface area (Å²) in [5.41, 5.74) is 4.64. The number of hydrogen-bond acceptors (Lipinski definition) is 5. The quantitative estimate of drug-likeness (QED) is 0.227. The van der Waals surface area contributed by atoms with Crippen LogP contribution in [0.3, 0.4) is 0 Å². The summed E-state index contributed by atoms with van der Waals surface area (Å²) in [5.74, 6) is 5.60. The van der Waals surface area contributed by atoms with Gasteiger partial charge in [0.2, 0.25) is 0 Å². The average Bonchev–Trinajstić information content (AvgIpc) is 2.87. The zero-order valence-electron chi connectivity index (χ0n) is 19.5. The Kier molecular flexibility index (Phi) is 11.4. The van der Waals surface area contributed by atoms with Crippen molar-refractivity contribution in [1.82, 2.24) is 16.1 Å². The zero-order chi connectivity index (χ0) is 24.3. The van der Waals surface area contributed by atoms with E-state index < -0.39 is 24.0 Å². The fourth-order valence-electron chi connectivity index (χ4n) is 4.07. The van der Waals surface area contributed by atoms with Crippen molar-refractivity contribution in [2.45, 2.75) is 65.1 Å². The Morgan fingerprint density at radius 1 is 0.971 bits per heavy atom. The molecule has 2 aromatic carbocycles. The van der Waals surface area contributed by atoms with Crippen molar-refractivity contribution in [3.05, 3.63) is 70.8 Å². The molecule has 5 N–H and O–H groups in total. The van der Waals surface area contributed by atoms with Crippen molar-refractivity contribution in [3.8, 4) is 11.8 Å². The number of carbonyl (C=O) groups excluding carboxylic acids is 2. The lowest BCUT2D eigenvalue weighted by Crippen LogP contribution is -2.51. The van der Waals surface area contributed by atoms with E-state index in [0.717, 1.165) is 30.1 Å². The summed E-state index contributed by atoms with van der Waals surface area (Å²) in [5, 5.41) is 24.4. The molecule has 0 aliphatic heterocycles. The molecule has 0 spiro atoms. The number of hydroxylamine groups is 1. The molecule has 0 aromatic heterocycles. The predicted octanol–water partition coefficient (Wildman–Crippen LogP) is 3.38. The Bertz CT molecular complexity index is 1000. The Hall–Kier alpha value is -3.18. The third kappa shape index (κ3) is 8.84. The first kappa shape index (κ1) is 28.1. The molecular weight excluding hydrogens is 442 g/mol. The van der Waals surface area contributed by atoms with Crippen molar-refractivity contribution in [2.24, 2.45) is 5.92 Å². The van der Waals surface area contributed by atoms with E-state index >= 15 is 0 Å². The number of hydrogen-bond donors (Lipinski definition) is 5. The van der Waals surface area contributed by atoms with Crippen LogP contribution in [0.25, 0.3) is 0 Å². The molecule has 1 saturated carbocycles. The molecule has 1 aliphatic carbocycles. The highest BCUT2D eigenvalue weighted by molar-refractivity contribution is 5.97. The number of amides is 2. The Balaban J connectivity index is 0.00000432. The van der Waals surface area contributed by atoms with Gasteiger partial charge in [0.05, 0.1) is 6.10 Å². The van der Waals surface area contributed by atoms with Gasteiger partial charge in [0.15, 0.2) is 0 Å². The first-order valence-corrected chi connectivity index (χ1v) is 11.8. The molecule has 0 heterocycles. The average molecular weight is 480 g/mol. The van der Waals surface area contributed by atoms with Gasteiger partial charge in [0.25, 0.3) is 11.8 Å². The topological polar surface area (TPSA) is 111 Å².